The molecule has 1 unspecified atom stereocenters. The first kappa shape index (κ1) is 26.7. The van der Waals surface area contributed by atoms with Gasteiger partial charge in [0.2, 0.25) is 11.8 Å². The maximum absolute atomic E-state index is 13.2. The maximum atomic E-state index is 13.2. The number of carbonyl (C=O) groups is 3. The van der Waals surface area contributed by atoms with Crippen molar-refractivity contribution in [2.24, 2.45) is 0 Å². The average molecular weight is 480 g/mol. The molecule has 0 aliphatic heterocycles. The third-order valence-electron chi connectivity index (χ3n) is 4.91. The van der Waals surface area contributed by atoms with Gasteiger partial charge in [-0.25, -0.2) is 0 Å². The number of benzene rings is 2. The lowest BCUT2D eigenvalue weighted by molar-refractivity contribution is -0.149. The summed E-state index contributed by atoms with van der Waals surface area (Å²) in [5, 5.41) is 2.72. The number of nitrogens with one attached hydrogen (secondary N) is 1. The van der Waals surface area contributed by atoms with Crippen molar-refractivity contribution in [3.8, 4) is 5.75 Å². The lowest BCUT2D eigenvalue weighted by Crippen LogP contribution is -2.39. The van der Waals surface area contributed by atoms with Gasteiger partial charge in [-0.2, -0.15) is 13.2 Å². The number of halogens is 3. The van der Waals surface area contributed by atoms with E-state index in [1.54, 1.807) is 31.2 Å². The minimum Gasteiger partial charge on any atom is -0.497 e. The zero-order chi connectivity index (χ0) is 25.3. The minimum absolute atomic E-state index is 0.106. The number of hydrogen-bond acceptors (Lipinski definition) is 5. The number of hydrogen-bond donors (Lipinski definition) is 1. The number of amides is 2. The first-order valence-corrected chi connectivity index (χ1v) is 10.5. The van der Waals surface area contributed by atoms with Crippen molar-refractivity contribution in [3.63, 3.8) is 0 Å². The first-order valence-electron chi connectivity index (χ1n) is 10.5. The molecule has 2 rings (SSSR count). The zero-order valence-corrected chi connectivity index (χ0v) is 19.1. The van der Waals surface area contributed by atoms with Gasteiger partial charge in [-0.15, -0.1) is 0 Å². The summed E-state index contributed by atoms with van der Waals surface area (Å²) in [5.74, 6) is -0.887. The van der Waals surface area contributed by atoms with Gasteiger partial charge in [-0.1, -0.05) is 24.3 Å². The van der Waals surface area contributed by atoms with Gasteiger partial charge in [0, 0.05) is 13.5 Å². The summed E-state index contributed by atoms with van der Waals surface area (Å²) in [5.41, 5.74) is 0.242. The molecule has 0 heterocycles. The van der Waals surface area contributed by atoms with Gasteiger partial charge in [-0.05, 0) is 42.3 Å². The zero-order valence-electron chi connectivity index (χ0n) is 19.1. The molecule has 0 saturated heterocycles. The van der Waals surface area contributed by atoms with E-state index >= 15 is 0 Å². The average Bonchev–Trinajstić information content (AvgIpc) is 2.78. The van der Waals surface area contributed by atoms with Crippen LogP contribution in [-0.2, 0) is 31.8 Å². The standard InChI is InChI=1S/C24H27F3N2O5/c1-4-34-23(32)15-29(14-17-5-9-19(10-6-17)24(25,26)27)22(31)13-21(28-16(2)30)18-7-11-20(33-3)12-8-18/h5-12,21H,4,13-15H2,1-3H3,(H,28,30). The molecule has 10 heteroatoms. The van der Waals surface area contributed by atoms with Crippen molar-refractivity contribution in [2.75, 3.05) is 20.3 Å². The van der Waals surface area contributed by atoms with Gasteiger partial charge >= 0.3 is 12.1 Å². The Hall–Kier alpha value is -3.56. The van der Waals surface area contributed by atoms with Gasteiger partial charge in [0.05, 0.1) is 31.7 Å². The summed E-state index contributed by atoms with van der Waals surface area (Å²) in [4.78, 5) is 38.2. The summed E-state index contributed by atoms with van der Waals surface area (Å²) in [6, 6.07) is 10.4. The summed E-state index contributed by atoms with van der Waals surface area (Å²) >= 11 is 0. The highest BCUT2D eigenvalue weighted by molar-refractivity contribution is 5.83. The van der Waals surface area contributed by atoms with E-state index in [-0.39, 0.29) is 32.0 Å². The van der Waals surface area contributed by atoms with Crippen LogP contribution in [0, 0.1) is 0 Å². The number of carbonyl (C=O) groups excluding carboxylic acids is 3. The second kappa shape index (κ2) is 12.1. The van der Waals surface area contributed by atoms with E-state index in [1.165, 1.54) is 31.1 Å². The van der Waals surface area contributed by atoms with E-state index in [1.807, 2.05) is 0 Å². The number of esters is 1. The van der Waals surface area contributed by atoms with Crippen LogP contribution >= 0.6 is 0 Å². The van der Waals surface area contributed by atoms with Crippen LogP contribution in [0.1, 0.15) is 43.0 Å². The SMILES string of the molecule is CCOC(=O)CN(Cc1ccc(C(F)(F)F)cc1)C(=O)CC(NC(C)=O)c1ccc(OC)cc1. The lowest BCUT2D eigenvalue weighted by Gasteiger charge is -2.25. The second-order valence-electron chi connectivity index (χ2n) is 7.48. The highest BCUT2D eigenvalue weighted by Crippen LogP contribution is 2.29. The molecule has 7 nitrogen and oxygen atoms in total. The van der Waals surface area contributed by atoms with Crippen molar-refractivity contribution < 1.29 is 37.0 Å². The summed E-state index contributed by atoms with van der Waals surface area (Å²) in [7, 11) is 1.51. The van der Waals surface area contributed by atoms with Gasteiger partial charge in [0.15, 0.2) is 0 Å². The molecule has 0 spiro atoms. The topological polar surface area (TPSA) is 84.9 Å². The summed E-state index contributed by atoms with van der Waals surface area (Å²) in [6.07, 6.45) is -4.66. The predicted octanol–water partition coefficient (Wildman–Crippen LogP) is 3.87. The molecule has 0 fully saturated rings. The Morgan fingerprint density at radius 1 is 1.03 bits per heavy atom. The van der Waals surface area contributed by atoms with Crippen LogP contribution in [-0.4, -0.2) is 42.9 Å². The number of ether oxygens (including phenoxy) is 2. The van der Waals surface area contributed by atoms with E-state index < -0.39 is 29.7 Å². The molecule has 184 valence electrons. The molecule has 0 radical (unpaired) electrons. The molecule has 0 saturated carbocycles. The van der Waals surface area contributed by atoms with Gasteiger partial charge in [0.1, 0.15) is 12.3 Å². The van der Waals surface area contributed by atoms with Crippen LogP contribution in [0.5, 0.6) is 5.75 Å². The van der Waals surface area contributed by atoms with Crippen LogP contribution in [0.15, 0.2) is 48.5 Å². The first-order chi connectivity index (χ1) is 16.0. The summed E-state index contributed by atoms with van der Waals surface area (Å²) < 4.78 is 48.6. The quantitative estimate of drug-likeness (QED) is 0.522. The van der Waals surface area contributed by atoms with Crippen molar-refractivity contribution in [1.29, 1.82) is 0 Å². The fourth-order valence-corrected chi connectivity index (χ4v) is 3.25. The largest absolute Gasteiger partial charge is 0.497 e. The molecule has 2 aromatic rings. The van der Waals surface area contributed by atoms with Crippen LogP contribution in [0.25, 0.3) is 0 Å². The molecule has 34 heavy (non-hydrogen) atoms. The number of rotatable bonds is 10. The van der Waals surface area contributed by atoms with Crippen molar-refractivity contribution in [1.82, 2.24) is 10.2 Å². The molecule has 0 aliphatic carbocycles. The number of nitrogens with zero attached hydrogens (tertiary/aromatic N) is 1. The van der Waals surface area contributed by atoms with Crippen LogP contribution in [0.3, 0.4) is 0 Å². The maximum Gasteiger partial charge on any atom is 0.416 e. The van der Waals surface area contributed by atoms with Crippen molar-refractivity contribution >= 4 is 17.8 Å². The Labute approximate surface area is 195 Å². The highest BCUT2D eigenvalue weighted by atomic mass is 19.4. The van der Waals surface area contributed by atoms with Gasteiger partial charge < -0.3 is 19.7 Å². The van der Waals surface area contributed by atoms with Gasteiger partial charge in [-0.3, -0.25) is 14.4 Å². The number of alkyl halides is 3. The van der Waals surface area contributed by atoms with Gasteiger partial charge in [0.25, 0.3) is 0 Å². The van der Waals surface area contributed by atoms with Crippen LogP contribution in [0.4, 0.5) is 13.2 Å². The molecule has 2 aromatic carbocycles. The monoisotopic (exact) mass is 480 g/mol. The molecule has 0 aromatic heterocycles. The predicted molar refractivity (Wildman–Crippen MR) is 118 cm³/mol. The highest BCUT2D eigenvalue weighted by Gasteiger charge is 2.30. The molecule has 0 bridgehead atoms. The Balaban J connectivity index is 2.25. The summed E-state index contributed by atoms with van der Waals surface area (Å²) in [6.45, 7) is 2.56. The van der Waals surface area contributed by atoms with Crippen LogP contribution < -0.4 is 10.1 Å². The molecule has 1 N–H and O–H groups in total. The molecule has 2 amide bonds. The molecule has 0 aliphatic rings. The Morgan fingerprint density at radius 2 is 1.65 bits per heavy atom. The fourth-order valence-electron chi connectivity index (χ4n) is 3.25. The van der Waals surface area contributed by atoms with Crippen molar-refractivity contribution in [2.45, 2.75) is 39.0 Å². The smallest absolute Gasteiger partial charge is 0.416 e. The van der Waals surface area contributed by atoms with E-state index in [4.69, 9.17) is 9.47 Å². The molecular weight excluding hydrogens is 453 g/mol. The lowest BCUT2D eigenvalue weighted by atomic mass is 10.0. The third kappa shape index (κ3) is 8.09. The van der Waals surface area contributed by atoms with E-state index in [0.29, 0.717) is 16.9 Å². The third-order valence-corrected chi connectivity index (χ3v) is 4.91. The fraction of sp³-hybridized carbons (Fsp3) is 0.375. The minimum atomic E-state index is -4.48. The Kier molecular flexibility index (Phi) is 9.47. The van der Waals surface area contributed by atoms with E-state index in [0.717, 1.165) is 12.1 Å². The second-order valence-corrected chi connectivity index (χ2v) is 7.48. The van der Waals surface area contributed by atoms with Crippen molar-refractivity contribution in [3.05, 3.63) is 65.2 Å². The van der Waals surface area contributed by atoms with Crippen LogP contribution in [0.2, 0.25) is 0 Å². The van der Waals surface area contributed by atoms with E-state index in [2.05, 4.69) is 5.32 Å². The number of methoxy groups -OCH3 is 1. The molecule has 1 atom stereocenters. The molecular formula is C24H27F3N2O5. The normalized spacial score (nSPS) is 11.9. The Bertz CT molecular complexity index is 976. The Morgan fingerprint density at radius 3 is 2.15 bits per heavy atom. The van der Waals surface area contributed by atoms with E-state index in [9.17, 15) is 27.6 Å².